The van der Waals surface area contributed by atoms with E-state index in [0.29, 0.717) is 11.7 Å². The van der Waals surface area contributed by atoms with E-state index in [9.17, 15) is 4.79 Å². The maximum atomic E-state index is 12.4. The molecule has 4 rings (SSSR count). The van der Waals surface area contributed by atoms with Gasteiger partial charge >= 0.3 is 0 Å². The first-order valence-electron chi connectivity index (χ1n) is 10.2. The molecule has 1 N–H and O–H groups in total. The van der Waals surface area contributed by atoms with E-state index >= 15 is 0 Å². The van der Waals surface area contributed by atoms with Crippen LogP contribution in [-0.4, -0.2) is 38.8 Å². The number of carbonyl (C=O) groups is 1. The highest BCUT2D eigenvalue weighted by molar-refractivity contribution is 5.91. The van der Waals surface area contributed by atoms with Crippen LogP contribution in [0.4, 0.5) is 11.6 Å². The Kier molecular flexibility index (Phi) is 6.17. The molecule has 0 bridgehead atoms. The Morgan fingerprint density at radius 1 is 1.23 bits per heavy atom. The van der Waals surface area contributed by atoms with Crippen molar-refractivity contribution in [1.29, 1.82) is 0 Å². The fourth-order valence-electron chi connectivity index (χ4n) is 3.61. The van der Waals surface area contributed by atoms with E-state index in [2.05, 4.69) is 20.3 Å². The van der Waals surface area contributed by atoms with Crippen molar-refractivity contribution < 1.29 is 9.21 Å². The molecule has 3 aromatic rings. The summed E-state index contributed by atoms with van der Waals surface area (Å²) < 4.78 is 5.23. The molecule has 4 heterocycles. The van der Waals surface area contributed by atoms with Gasteiger partial charge in [-0.05, 0) is 61.9 Å². The molecule has 1 fully saturated rings. The summed E-state index contributed by atoms with van der Waals surface area (Å²) in [6.07, 6.45) is 11.1. The Hall–Kier alpha value is -3.48. The molecule has 7 nitrogen and oxygen atoms in total. The lowest BCUT2D eigenvalue weighted by Gasteiger charge is -2.31. The quantitative estimate of drug-likeness (QED) is 0.626. The average Bonchev–Trinajstić information content (AvgIpc) is 3.28. The first-order valence-corrected chi connectivity index (χ1v) is 10.2. The van der Waals surface area contributed by atoms with Crippen LogP contribution in [-0.2, 0) is 11.2 Å². The normalized spacial score (nSPS) is 14.9. The van der Waals surface area contributed by atoms with Crippen LogP contribution in [0.15, 0.2) is 59.6 Å². The molecular formula is C23H25N5O2. The van der Waals surface area contributed by atoms with Gasteiger partial charge in [0.1, 0.15) is 23.7 Å². The number of rotatable bonds is 6. The van der Waals surface area contributed by atoms with Crippen LogP contribution in [0.25, 0.3) is 6.08 Å². The Bertz CT molecular complexity index is 1010. The molecule has 30 heavy (non-hydrogen) atoms. The Balaban J connectivity index is 1.30. The van der Waals surface area contributed by atoms with E-state index < -0.39 is 0 Å². The van der Waals surface area contributed by atoms with Gasteiger partial charge in [-0.2, -0.15) is 0 Å². The highest BCUT2D eigenvalue weighted by Gasteiger charge is 2.22. The predicted octanol–water partition coefficient (Wildman–Crippen LogP) is 4.01. The van der Waals surface area contributed by atoms with E-state index in [-0.39, 0.29) is 5.91 Å². The monoisotopic (exact) mass is 403 g/mol. The van der Waals surface area contributed by atoms with E-state index in [4.69, 9.17) is 4.42 Å². The van der Waals surface area contributed by atoms with Crippen molar-refractivity contribution in [2.45, 2.75) is 26.2 Å². The number of pyridine rings is 1. The summed E-state index contributed by atoms with van der Waals surface area (Å²) in [7, 11) is 0. The minimum absolute atomic E-state index is 0.0316. The highest BCUT2D eigenvalue weighted by Crippen LogP contribution is 2.23. The molecule has 1 aliphatic heterocycles. The average molecular weight is 403 g/mol. The van der Waals surface area contributed by atoms with Gasteiger partial charge in [0, 0.05) is 37.1 Å². The lowest BCUT2D eigenvalue weighted by Crippen LogP contribution is -2.38. The van der Waals surface area contributed by atoms with Gasteiger partial charge < -0.3 is 14.6 Å². The number of likely N-dealkylation sites (tertiary alicyclic amines) is 1. The minimum Gasteiger partial charge on any atom is -0.465 e. The van der Waals surface area contributed by atoms with E-state index in [1.54, 1.807) is 37.0 Å². The lowest BCUT2D eigenvalue weighted by molar-refractivity contribution is -0.127. The van der Waals surface area contributed by atoms with E-state index in [0.717, 1.165) is 55.2 Å². The number of aromatic nitrogens is 3. The highest BCUT2D eigenvalue weighted by atomic mass is 16.3. The third kappa shape index (κ3) is 5.11. The summed E-state index contributed by atoms with van der Waals surface area (Å²) in [5.74, 6) is 2.77. The zero-order valence-electron chi connectivity index (χ0n) is 17.0. The first kappa shape index (κ1) is 19.8. The SMILES string of the molecule is Cc1cccnc1Nc1cc(CC2CCN(C(=O)C=Cc3ccco3)CC2)ncn1. The van der Waals surface area contributed by atoms with Gasteiger partial charge in [0.05, 0.1) is 6.26 Å². The number of nitrogens with zero attached hydrogens (tertiary/aromatic N) is 4. The van der Waals surface area contributed by atoms with Gasteiger partial charge in [0.2, 0.25) is 5.91 Å². The van der Waals surface area contributed by atoms with Crippen molar-refractivity contribution >= 4 is 23.6 Å². The number of nitrogens with one attached hydrogen (secondary N) is 1. The van der Waals surface area contributed by atoms with Gasteiger partial charge in [-0.25, -0.2) is 15.0 Å². The number of hydrogen-bond acceptors (Lipinski definition) is 6. The molecule has 0 unspecified atom stereocenters. The molecule has 0 radical (unpaired) electrons. The molecule has 1 aliphatic rings. The van der Waals surface area contributed by atoms with Crippen LogP contribution < -0.4 is 5.32 Å². The van der Waals surface area contributed by atoms with Crippen molar-refractivity contribution in [2.24, 2.45) is 5.92 Å². The lowest BCUT2D eigenvalue weighted by atomic mass is 9.92. The summed E-state index contributed by atoms with van der Waals surface area (Å²) in [5.41, 5.74) is 2.07. The second-order valence-corrected chi connectivity index (χ2v) is 7.51. The number of amides is 1. The first-order chi connectivity index (χ1) is 14.7. The van der Waals surface area contributed by atoms with Gasteiger partial charge in [-0.1, -0.05) is 6.07 Å². The van der Waals surface area contributed by atoms with Gasteiger partial charge in [-0.3, -0.25) is 4.79 Å². The van der Waals surface area contributed by atoms with Gasteiger partial charge in [-0.15, -0.1) is 0 Å². The zero-order valence-corrected chi connectivity index (χ0v) is 17.0. The molecule has 0 saturated carbocycles. The van der Waals surface area contributed by atoms with Crippen molar-refractivity contribution in [3.63, 3.8) is 0 Å². The smallest absolute Gasteiger partial charge is 0.246 e. The summed E-state index contributed by atoms with van der Waals surface area (Å²) in [6, 6.07) is 9.54. The van der Waals surface area contributed by atoms with Crippen LogP contribution in [0.3, 0.4) is 0 Å². The van der Waals surface area contributed by atoms with Crippen LogP contribution in [0.2, 0.25) is 0 Å². The third-order valence-corrected chi connectivity index (χ3v) is 5.34. The molecule has 3 aromatic heterocycles. The van der Waals surface area contributed by atoms with Crippen LogP contribution in [0.5, 0.6) is 0 Å². The number of carbonyl (C=O) groups excluding carboxylic acids is 1. The van der Waals surface area contributed by atoms with Crippen molar-refractivity contribution in [3.8, 4) is 0 Å². The third-order valence-electron chi connectivity index (χ3n) is 5.34. The summed E-state index contributed by atoms with van der Waals surface area (Å²) in [6.45, 7) is 3.53. The van der Waals surface area contributed by atoms with Crippen LogP contribution >= 0.6 is 0 Å². The van der Waals surface area contributed by atoms with Crippen LogP contribution in [0.1, 0.15) is 29.9 Å². The number of piperidine rings is 1. The summed E-state index contributed by atoms with van der Waals surface area (Å²) >= 11 is 0. The number of hydrogen-bond donors (Lipinski definition) is 1. The summed E-state index contributed by atoms with van der Waals surface area (Å²) in [5, 5.41) is 3.27. The predicted molar refractivity (Wildman–Crippen MR) is 115 cm³/mol. The second-order valence-electron chi connectivity index (χ2n) is 7.51. The molecule has 1 amide bonds. The number of furan rings is 1. The largest absolute Gasteiger partial charge is 0.465 e. The topological polar surface area (TPSA) is 84.2 Å². The van der Waals surface area contributed by atoms with Crippen molar-refractivity contribution in [1.82, 2.24) is 19.9 Å². The molecule has 7 heteroatoms. The zero-order chi connectivity index (χ0) is 20.8. The molecule has 0 spiro atoms. The second kappa shape index (κ2) is 9.35. The van der Waals surface area contributed by atoms with Crippen molar-refractivity contribution in [2.75, 3.05) is 18.4 Å². The van der Waals surface area contributed by atoms with Gasteiger partial charge in [0.15, 0.2) is 0 Å². The Morgan fingerprint density at radius 3 is 2.87 bits per heavy atom. The molecule has 154 valence electrons. The Labute approximate surface area is 175 Å². The van der Waals surface area contributed by atoms with Crippen molar-refractivity contribution in [3.05, 3.63) is 72.2 Å². The van der Waals surface area contributed by atoms with Gasteiger partial charge in [0.25, 0.3) is 0 Å². The number of aryl methyl sites for hydroxylation is 1. The van der Waals surface area contributed by atoms with Crippen LogP contribution in [0, 0.1) is 12.8 Å². The number of anilines is 2. The molecule has 0 aliphatic carbocycles. The molecule has 0 aromatic carbocycles. The minimum atomic E-state index is 0.0316. The molecule has 0 atom stereocenters. The molecular weight excluding hydrogens is 378 g/mol. The summed E-state index contributed by atoms with van der Waals surface area (Å²) in [4.78, 5) is 27.4. The van der Waals surface area contributed by atoms with E-state index in [1.165, 1.54) is 0 Å². The van der Waals surface area contributed by atoms with E-state index in [1.807, 2.05) is 36.1 Å². The fourth-order valence-corrected chi connectivity index (χ4v) is 3.61. The standard InChI is InChI=1S/C23H25N5O2/c1-17-4-2-10-24-23(17)27-21-15-19(25-16-26-21)14-18-8-11-28(12-9-18)22(29)7-6-20-5-3-13-30-20/h2-7,10,13,15-16,18H,8-9,11-12,14H2,1H3,(H,24,25,26,27). The maximum Gasteiger partial charge on any atom is 0.246 e. The fraction of sp³-hybridized carbons (Fsp3) is 0.304. The Morgan fingerprint density at radius 2 is 2.10 bits per heavy atom. The molecule has 1 saturated heterocycles. The maximum absolute atomic E-state index is 12.4.